The van der Waals surface area contributed by atoms with E-state index < -0.39 is 0 Å². The van der Waals surface area contributed by atoms with E-state index >= 15 is 0 Å². The second-order valence-corrected chi connectivity index (χ2v) is 9.10. The summed E-state index contributed by atoms with van der Waals surface area (Å²) >= 11 is 0. The molecule has 200 valence electrons. The number of methoxy groups -OCH3 is 2. The van der Waals surface area contributed by atoms with Crippen molar-refractivity contribution >= 4 is 28.4 Å². The van der Waals surface area contributed by atoms with Gasteiger partial charge in [-0.25, -0.2) is 15.0 Å². The Kier molecular flexibility index (Phi) is 6.72. The highest BCUT2D eigenvalue weighted by Crippen LogP contribution is 2.33. The number of benzene rings is 2. The predicted octanol–water partition coefficient (Wildman–Crippen LogP) is 4.87. The van der Waals surface area contributed by atoms with Crippen LogP contribution in [0.4, 0.5) is 11.9 Å². The van der Waals surface area contributed by atoms with Gasteiger partial charge in [0.05, 0.1) is 30.8 Å². The molecule has 0 aliphatic rings. The van der Waals surface area contributed by atoms with E-state index in [1.165, 1.54) is 6.07 Å². The van der Waals surface area contributed by atoms with Crippen molar-refractivity contribution in [1.29, 1.82) is 0 Å². The number of anilines is 2. The molecule has 10 nitrogen and oxygen atoms in total. The third kappa shape index (κ3) is 4.78. The van der Waals surface area contributed by atoms with Crippen LogP contribution in [0.15, 0.2) is 90.1 Å². The van der Waals surface area contributed by atoms with E-state index in [0.717, 1.165) is 28.1 Å². The average molecular weight is 534 g/mol. The second-order valence-electron chi connectivity index (χ2n) is 9.10. The molecule has 0 radical (unpaired) electrons. The van der Waals surface area contributed by atoms with E-state index in [9.17, 15) is 4.79 Å². The molecule has 0 atom stereocenters. The number of aromatic nitrogens is 5. The first-order valence-electron chi connectivity index (χ1n) is 12.7. The summed E-state index contributed by atoms with van der Waals surface area (Å²) in [6, 6.07) is 20.8. The highest BCUT2D eigenvalue weighted by atomic mass is 16.5. The fourth-order valence-electron chi connectivity index (χ4n) is 4.68. The summed E-state index contributed by atoms with van der Waals surface area (Å²) < 4.78 is 12.4. The molecule has 0 saturated carbocycles. The maximum atomic E-state index is 13.2. The lowest BCUT2D eigenvalue weighted by Crippen LogP contribution is -2.07. The van der Waals surface area contributed by atoms with Crippen LogP contribution >= 0.6 is 0 Å². The van der Waals surface area contributed by atoms with Crippen molar-refractivity contribution in [3.05, 3.63) is 107 Å². The standard InChI is InChI=1S/C30H27N7O3/c1-39-21-7-3-19(4-8-21)17-34-29-32-14-11-23(36-29)26-24-12-15-33-30(35-18-20-5-9-22(40-2)10-6-20)37(24)28-27(26)25(38)13-16-31-28/h3-16H,17-18H2,1-2H3,(H,31,38)(H,33,35)(H,32,34,36). The number of H-pyrrole nitrogens is 1. The molecule has 0 fully saturated rings. The summed E-state index contributed by atoms with van der Waals surface area (Å²) in [7, 11) is 3.29. The smallest absolute Gasteiger partial charge is 0.223 e. The Morgan fingerprint density at radius 1 is 0.800 bits per heavy atom. The van der Waals surface area contributed by atoms with Crippen LogP contribution in [0, 0.1) is 0 Å². The maximum Gasteiger partial charge on any atom is 0.223 e. The second kappa shape index (κ2) is 10.8. The molecule has 6 aromatic rings. The van der Waals surface area contributed by atoms with Crippen LogP contribution in [0.3, 0.4) is 0 Å². The van der Waals surface area contributed by atoms with E-state index in [1.807, 2.05) is 65.1 Å². The fourth-order valence-corrected chi connectivity index (χ4v) is 4.68. The minimum atomic E-state index is -0.111. The van der Waals surface area contributed by atoms with Gasteiger partial charge in [-0.3, -0.25) is 9.20 Å². The number of nitrogens with one attached hydrogen (secondary N) is 3. The molecule has 0 aliphatic carbocycles. The highest BCUT2D eigenvalue weighted by molar-refractivity contribution is 6.04. The van der Waals surface area contributed by atoms with E-state index in [1.54, 1.807) is 32.8 Å². The average Bonchev–Trinajstić information content (AvgIpc) is 3.36. The van der Waals surface area contributed by atoms with E-state index in [4.69, 9.17) is 14.5 Å². The van der Waals surface area contributed by atoms with Gasteiger partial charge in [-0.05, 0) is 47.5 Å². The zero-order valence-electron chi connectivity index (χ0n) is 22.0. The van der Waals surface area contributed by atoms with Crippen molar-refractivity contribution in [3.63, 3.8) is 0 Å². The molecule has 3 N–H and O–H groups in total. The summed E-state index contributed by atoms with van der Waals surface area (Å²) in [5.41, 5.74) is 4.78. The van der Waals surface area contributed by atoms with Gasteiger partial charge in [0.25, 0.3) is 0 Å². The number of nitrogens with zero attached hydrogens (tertiary/aromatic N) is 4. The number of hydrogen-bond acceptors (Lipinski definition) is 8. The van der Waals surface area contributed by atoms with Gasteiger partial charge in [0.15, 0.2) is 5.43 Å². The molecule has 40 heavy (non-hydrogen) atoms. The Balaban J connectivity index is 1.37. The molecule has 0 amide bonds. The summed E-state index contributed by atoms with van der Waals surface area (Å²) in [6.45, 7) is 1.07. The van der Waals surface area contributed by atoms with Crippen molar-refractivity contribution in [3.8, 4) is 22.8 Å². The molecule has 0 spiro atoms. The lowest BCUT2D eigenvalue weighted by atomic mass is 10.1. The number of rotatable bonds is 9. The van der Waals surface area contributed by atoms with Crippen molar-refractivity contribution in [1.82, 2.24) is 24.3 Å². The minimum Gasteiger partial charge on any atom is -0.497 e. The van der Waals surface area contributed by atoms with Crippen LogP contribution < -0.4 is 25.5 Å². The predicted molar refractivity (Wildman–Crippen MR) is 155 cm³/mol. The van der Waals surface area contributed by atoms with Gasteiger partial charge in [0.2, 0.25) is 11.9 Å². The molecule has 0 aliphatic heterocycles. The van der Waals surface area contributed by atoms with Crippen LogP contribution in [0.25, 0.3) is 27.8 Å². The number of hydrogen-bond donors (Lipinski definition) is 3. The van der Waals surface area contributed by atoms with Gasteiger partial charge >= 0.3 is 0 Å². The van der Waals surface area contributed by atoms with Gasteiger partial charge < -0.3 is 25.1 Å². The van der Waals surface area contributed by atoms with E-state index in [0.29, 0.717) is 47.3 Å². The van der Waals surface area contributed by atoms with Gasteiger partial charge in [-0.1, -0.05) is 24.3 Å². The lowest BCUT2D eigenvalue weighted by Gasteiger charge is -2.10. The third-order valence-corrected chi connectivity index (χ3v) is 6.68. The van der Waals surface area contributed by atoms with Gasteiger partial charge in [-0.2, -0.15) is 0 Å². The molecule has 2 aromatic carbocycles. The Labute approximate surface area is 229 Å². The Morgan fingerprint density at radius 2 is 1.45 bits per heavy atom. The SMILES string of the molecule is COc1ccc(CNc2nccc(-c3c4c(=O)cc[nH]c4n4c(NCc5ccc(OC)cc5)nccc34)n2)cc1. The molecule has 10 heteroatoms. The van der Waals surface area contributed by atoms with Crippen molar-refractivity contribution in [2.75, 3.05) is 24.9 Å². The maximum absolute atomic E-state index is 13.2. The number of pyridine rings is 1. The topological polar surface area (TPSA) is 118 Å². The Morgan fingerprint density at radius 3 is 2.12 bits per heavy atom. The first kappa shape index (κ1) is 24.9. The minimum absolute atomic E-state index is 0.111. The van der Waals surface area contributed by atoms with Crippen molar-refractivity contribution in [2.45, 2.75) is 13.1 Å². The Hall–Kier alpha value is -5.38. The van der Waals surface area contributed by atoms with Gasteiger partial charge in [0.1, 0.15) is 17.1 Å². The molecule has 0 saturated heterocycles. The van der Waals surface area contributed by atoms with Crippen LogP contribution in [0.2, 0.25) is 0 Å². The first-order valence-corrected chi connectivity index (χ1v) is 12.7. The van der Waals surface area contributed by atoms with Gasteiger partial charge in [-0.15, -0.1) is 0 Å². The number of ether oxygens (including phenoxy) is 2. The largest absolute Gasteiger partial charge is 0.497 e. The Bertz CT molecular complexity index is 1850. The molecule has 0 bridgehead atoms. The highest BCUT2D eigenvalue weighted by Gasteiger charge is 2.20. The summed E-state index contributed by atoms with van der Waals surface area (Å²) in [5.74, 6) is 2.65. The molecule has 4 heterocycles. The van der Waals surface area contributed by atoms with Gasteiger partial charge in [0, 0.05) is 43.3 Å². The molecule has 0 unspecified atom stereocenters. The van der Waals surface area contributed by atoms with Crippen molar-refractivity contribution < 1.29 is 9.47 Å². The quantitative estimate of drug-likeness (QED) is 0.241. The van der Waals surface area contributed by atoms with E-state index in [-0.39, 0.29) is 5.43 Å². The fraction of sp³-hybridized carbons (Fsp3) is 0.133. The first-order chi connectivity index (χ1) is 19.6. The third-order valence-electron chi connectivity index (χ3n) is 6.68. The summed E-state index contributed by atoms with van der Waals surface area (Å²) in [4.78, 5) is 30.2. The summed E-state index contributed by atoms with van der Waals surface area (Å²) in [6.07, 6.45) is 5.06. The molecular weight excluding hydrogens is 506 g/mol. The number of fused-ring (bicyclic) bond motifs is 3. The lowest BCUT2D eigenvalue weighted by molar-refractivity contribution is 0.414. The normalized spacial score (nSPS) is 11.1. The van der Waals surface area contributed by atoms with E-state index in [2.05, 4.69) is 25.6 Å². The van der Waals surface area contributed by atoms with Crippen LogP contribution in [0.1, 0.15) is 11.1 Å². The summed E-state index contributed by atoms with van der Waals surface area (Å²) in [5, 5.41) is 7.22. The number of aromatic amines is 1. The van der Waals surface area contributed by atoms with Crippen LogP contribution in [-0.2, 0) is 13.1 Å². The molecular formula is C30H27N7O3. The van der Waals surface area contributed by atoms with Crippen LogP contribution in [-0.4, -0.2) is 38.6 Å². The molecule has 4 aromatic heterocycles. The zero-order valence-corrected chi connectivity index (χ0v) is 22.0. The molecule has 6 rings (SSSR count). The van der Waals surface area contributed by atoms with Crippen molar-refractivity contribution in [2.24, 2.45) is 0 Å². The monoisotopic (exact) mass is 533 g/mol. The van der Waals surface area contributed by atoms with Crippen LogP contribution in [0.5, 0.6) is 11.5 Å². The zero-order chi connectivity index (χ0) is 27.5.